The summed E-state index contributed by atoms with van der Waals surface area (Å²) in [5.74, 6) is -0.792. The van der Waals surface area contributed by atoms with Gasteiger partial charge < -0.3 is 20.3 Å². The maximum atomic E-state index is 14.4. The number of alkyl carbamates (subject to hydrolysis) is 1. The number of carbonyl (C=O) groups excluding carboxylic acids is 3. The van der Waals surface area contributed by atoms with Crippen LogP contribution in [0.1, 0.15) is 78.0 Å². The Kier molecular flexibility index (Phi) is 10.9. The number of carbonyl (C=O) groups is 3. The fourth-order valence-electron chi connectivity index (χ4n) is 4.81. The number of ether oxygens (including phenoxy) is 1. The molecule has 3 unspecified atom stereocenters. The average Bonchev–Trinajstić information content (AvgIpc) is 2.92. The van der Waals surface area contributed by atoms with Gasteiger partial charge in [-0.2, -0.15) is 0 Å². The minimum absolute atomic E-state index is 0.180. The Morgan fingerprint density at radius 2 is 1.59 bits per heavy atom. The fraction of sp³-hybridized carbons (Fsp3) is 0.441. The minimum Gasteiger partial charge on any atom is -0.444 e. The van der Waals surface area contributed by atoms with Gasteiger partial charge in [-0.1, -0.05) is 88.2 Å². The number of unbranched alkanes of at least 4 members (excludes halogenated alkanes) is 1. The zero-order chi connectivity index (χ0) is 30.2. The Bertz CT molecular complexity index is 1350. The van der Waals surface area contributed by atoms with E-state index in [-0.39, 0.29) is 17.7 Å². The van der Waals surface area contributed by atoms with Crippen LogP contribution in [0.25, 0.3) is 10.8 Å². The molecule has 0 aliphatic heterocycles. The number of amides is 3. The zero-order valence-electron chi connectivity index (χ0n) is 25.5. The molecule has 0 aliphatic carbocycles. The van der Waals surface area contributed by atoms with Crippen molar-refractivity contribution in [3.63, 3.8) is 0 Å². The Morgan fingerprint density at radius 1 is 0.927 bits per heavy atom. The summed E-state index contributed by atoms with van der Waals surface area (Å²) in [5, 5.41) is 7.99. The maximum Gasteiger partial charge on any atom is 0.408 e. The summed E-state index contributed by atoms with van der Waals surface area (Å²) in [4.78, 5) is 43.0. The van der Waals surface area contributed by atoms with Crippen molar-refractivity contribution in [1.82, 2.24) is 10.2 Å². The molecule has 220 valence electrons. The first-order chi connectivity index (χ1) is 19.4. The molecular formula is C34H45N3O4. The first-order valence-electron chi connectivity index (χ1n) is 14.6. The van der Waals surface area contributed by atoms with Gasteiger partial charge in [0.2, 0.25) is 5.91 Å². The third-order valence-electron chi connectivity index (χ3n) is 7.25. The van der Waals surface area contributed by atoms with Crippen LogP contribution in [0.5, 0.6) is 0 Å². The summed E-state index contributed by atoms with van der Waals surface area (Å²) < 4.78 is 5.50. The van der Waals surface area contributed by atoms with Crippen molar-refractivity contribution in [3.8, 4) is 0 Å². The number of aryl methyl sites for hydroxylation is 1. The summed E-state index contributed by atoms with van der Waals surface area (Å²) in [6.07, 6.45) is 1.55. The number of hydrogen-bond donors (Lipinski definition) is 2. The predicted octanol–water partition coefficient (Wildman–Crippen LogP) is 7.40. The van der Waals surface area contributed by atoms with E-state index in [9.17, 15) is 14.4 Å². The maximum absolute atomic E-state index is 14.4. The van der Waals surface area contributed by atoms with Crippen LogP contribution in [-0.2, 0) is 14.3 Å². The first-order valence-corrected chi connectivity index (χ1v) is 14.6. The van der Waals surface area contributed by atoms with E-state index in [2.05, 4.69) is 10.6 Å². The number of rotatable bonds is 11. The van der Waals surface area contributed by atoms with Crippen molar-refractivity contribution >= 4 is 34.4 Å². The van der Waals surface area contributed by atoms with Crippen molar-refractivity contribution in [3.05, 3.63) is 77.9 Å². The van der Waals surface area contributed by atoms with Gasteiger partial charge in [-0.3, -0.25) is 9.59 Å². The molecule has 0 aromatic heterocycles. The van der Waals surface area contributed by atoms with Crippen molar-refractivity contribution in [2.24, 2.45) is 5.92 Å². The number of hydrogen-bond acceptors (Lipinski definition) is 4. The lowest BCUT2D eigenvalue weighted by molar-refractivity contribution is -0.142. The van der Waals surface area contributed by atoms with Gasteiger partial charge in [0, 0.05) is 12.2 Å². The van der Waals surface area contributed by atoms with Crippen LogP contribution in [-0.4, -0.2) is 41.0 Å². The van der Waals surface area contributed by atoms with Gasteiger partial charge in [0.15, 0.2) is 0 Å². The monoisotopic (exact) mass is 559 g/mol. The molecule has 0 bridgehead atoms. The Hall–Kier alpha value is -3.87. The predicted molar refractivity (Wildman–Crippen MR) is 166 cm³/mol. The molecule has 3 rings (SSSR count). The quantitative estimate of drug-likeness (QED) is 0.256. The number of anilines is 1. The number of benzene rings is 3. The summed E-state index contributed by atoms with van der Waals surface area (Å²) in [7, 11) is 0. The van der Waals surface area contributed by atoms with Crippen molar-refractivity contribution < 1.29 is 19.1 Å². The van der Waals surface area contributed by atoms with Crippen LogP contribution < -0.4 is 10.6 Å². The molecular weight excluding hydrogens is 514 g/mol. The van der Waals surface area contributed by atoms with Crippen molar-refractivity contribution in [2.45, 2.75) is 85.4 Å². The van der Waals surface area contributed by atoms with E-state index in [0.717, 1.165) is 28.3 Å². The van der Waals surface area contributed by atoms with E-state index < -0.39 is 23.8 Å². The lowest BCUT2D eigenvalue weighted by Gasteiger charge is -2.36. The molecule has 41 heavy (non-hydrogen) atoms. The highest BCUT2D eigenvalue weighted by Crippen LogP contribution is 2.29. The summed E-state index contributed by atoms with van der Waals surface area (Å²) in [6, 6.07) is 19.6. The molecule has 3 aromatic rings. The lowest BCUT2D eigenvalue weighted by atomic mass is 9.94. The molecule has 7 nitrogen and oxygen atoms in total. The lowest BCUT2D eigenvalue weighted by Crippen LogP contribution is -2.55. The molecule has 3 amide bonds. The van der Waals surface area contributed by atoms with E-state index in [1.165, 1.54) is 0 Å². The average molecular weight is 560 g/mol. The molecule has 0 aliphatic rings. The SMILES string of the molecule is CCCCN(C(=O)C(NC(=O)OC(C)(C)C)C(C)CC)C(C(=O)Nc1ccc2ccccc2c1)c1ccccc1C. The molecule has 0 saturated heterocycles. The van der Waals surface area contributed by atoms with Crippen LogP contribution in [0, 0.1) is 12.8 Å². The van der Waals surface area contributed by atoms with Gasteiger partial charge in [-0.05, 0) is 74.1 Å². The molecule has 3 atom stereocenters. The van der Waals surface area contributed by atoms with Crippen LogP contribution in [0.2, 0.25) is 0 Å². The van der Waals surface area contributed by atoms with Crippen LogP contribution in [0.15, 0.2) is 66.7 Å². The van der Waals surface area contributed by atoms with Crippen LogP contribution in [0.3, 0.4) is 0 Å². The third kappa shape index (κ3) is 8.56. The highest BCUT2D eigenvalue weighted by Gasteiger charge is 2.38. The van der Waals surface area contributed by atoms with Crippen molar-refractivity contribution in [1.29, 1.82) is 0 Å². The molecule has 0 radical (unpaired) electrons. The second-order valence-corrected chi connectivity index (χ2v) is 11.7. The van der Waals surface area contributed by atoms with Gasteiger partial charge >= 0.3 is 6.09 Å². The number of nitrogens with zero attached hydrogens (tertiary/aromatic N) is 1. The van der Waals surface area contributed by atoms with Gasteiger partial charge in [0.1, 0.15) is 17.7 Å². The smallest absolute Gasteiger partial charge is 0.408 e. The molecule has 7 heteroatoms. The van der Waals surface area contributed by atoms with E-state index in [0.29, 0.717) is 25.1 Å². The molecule has 0 fully saturated rings. The van der Waals surface area contributed by atoms with E-state index in [4.69, 9.17) is 4.74 Å². The Balaban J connectivity index is 2.04. The topological polar surface area (TPSA) is 87.7 Å². The molecule has 3 aromatic carbocycles. The van der Waals surface area contributed by atoms with E-state index >= 15 is 0 Å². The van der Waals surface area contributed by atoms with Gasteiger partial charge in [0.05, 0.1) is 0 Å². The number of nitrogens with one attached hydrogen (secondary N) is 2. The summed E-state index contributed by atoms with van der Waals surface area (Å²) >= 11 is 0. The van der Waals surface area contributed by atoms with Crippen molar-refractivity contribution in [2.75, 3.05) is 11.9 Å². The van der Waals surface area contributed by atoms with Gasteiger partial charge in [0.25, 0.3) is 5.91 Å². The molecule has 0 saturated carbocycles. The highest BCUT2D eigenvalue weighted by molar-refractivity contribution is 6.00. The first kappa shape index (κ1) is 31.7. The largest absolute Gasteiger partial charge is 0.444 e. The zero-order valence-corrected chi connectivity index (χ0v) is 25.5. The van der Waals surface area contributed by atoms with Gasteiger partial charge in [-0.15, -0.1) is 0 Å². The molecule has 0 spiro atoms. The number of fused-ring (bicyclic) bond motifs is 1. The van der Waals surface area contributed by atoms with E-state index in [1.807, 2.05) is 94.4 Å². The Morgan fingerprint density at radius 3 is 2.22 bits per heavy atom. The second-order valence-electron chi connectivity index (χ2n) is 11.7. The van der Waals surface area contributed by atoms with E-state index in [1.54, 1.807) is 25.7 Å². The fourth-order valence-corrected chi connectivity index (χ4v) is 4.81. The minimum atomic E-state index is -0.895. The molecule has 2 N–H and O–H groups in total. The summed E-state index contributed by atoms with van der Waals surface area (Å²) in [5.41, 5.74) is 1.59. The summed E-state index contributed by atoms with van der Waals surface area (Å²) in [6.45, 7) is 13.6. The standard InChI is InChI=1S/C34H45N3O4/c1-8-10-21-37(32(39)29(23(3)9-2)36-33(40)41-34(5,6)7)30(28-18-14-11-15-24(28)4)31(38)35-27-20-19-25-16-12-13-17-26(25)22-27/h11-20,22-23,29-30H,8-10,21H2,1-7H3,(H,35,38)(H,36,40). The Labute approximate surface area is 244 Å². The van der Waals surface area contributed by atoms with Crippen LogP contribution in [0.4, 0.5) is 10.5 Å². The van der Waals surface area contributed by atoms with Crippen LogP contribution >= 0.6 is 0 Å². The highest BCUT2D eigenvalue weighted by atomic mass is 16.6. The normalized spacial score (nSPS) is 13.6. The molecule has 0 heterocycles. The van der Waals surface area contributed by atoms with Gasteiger partial charge in [-0.25, -0.2) is 4.79 Å². The second kappa shape index (κ2) is 14.2. The third-order valence-corrected chi connectivity index (χ3v) is 7.25.